The van der Waals surface area contributed by atoms with Gasteiger partial charge in [-0.25, -0.2) is 4.98 Å². The van der Waals surface area contributed by atoms with Crippen molar-refractivity contribution in [2.45, 2.75) is 38.0 Å². The van der Waals surface area contributed by atoms with Gasteiger partial charge in [0, 0.05) is 31.8 Å². The molecule has 0 unspecified atom stereocenters. The lowest BCUT2D eigenvalue weighted by Gasteiger charge is -2.34. The maximum Gasteiger partial charge on any atom is 0.263 e. The second kappa shape index (κ2) is 6.39. The molecule has 0 aromatic carbocycles. The van der Waals surface area contributed by atoms with Crippen LogP contribution in [0.4, 0.5) is 0 Å². The molecule has 7 heteroatoms. The molecule has 1 amide bonds. The second-order valence-corrected chi connectivity index (χ2v) is 6.60. The van der Waals surface area contributed by atoms with Crippen LogP contribution in [0, 0.1) is 6.92 Å². The topological polar surface area (TPSA) is 74.7 Å². The summed E-state index contributed by atoms with van der Waals surface area (Å²) < 4.78 is 5.75. The summed E-state index contributed by atoms with van der Waals surface area (Å²) >= 11 is 1.38. The highest BCUT2D eigenvalue weighted by Crippen LogP contribution is 2.24. The van der Waals surface area contributed by atoms with Gasteiger partial charge < -0.3 is 15.2 Å². The molecule has 2 aliphatic rings. The monoisotopic (exact) mass is 311 g/mol. The Morgan fingerprint density at radius 2 is 2.48 bits per heavy atom. The van der Waals surface area contributed by atoms with Gasteiger partial charge in [0.15, 0.2) is 0 Å². The number of hydrogen-bond acceptors (Lipinski definition) is 6. The van der Waals surface area contributed by atoms with Crippen molar-refractivity contribution in [3.8, 4) is 0 Å². The molecule has 1 aromatic rings. The van der Waals surface area contributed by atoms with E-state index < -0.39 is 0 Å². The van der Waals surface area contributed by atoms with Crippen LogP contribution in [-0.2, 0) is 4.74 Å². The molecule has 0 saturated carbocycles. The second-order valence-electron chi connectivity index (χ2n) is 5.75. The van der Waals surface area contributed by atoms with Crippen LogP contribution in [0.15, 0.2) is 5.51 Å². The number of aromatic nitrogens is 1. The summed E-state index contributed by atoms with van der Waals surface area (Å²) in [5, 5.41) is 12.1. The van der Waals surface area contributed by atoms with Gasteiger partial charge in [-0.05, 0) is 19.8 Å². The molecule has 0 radical (unpaired) electrons. The normalized spacial score (nSPS) is 29.3. The Balaban J connectivity index is 1.55. The first-order valence-electron chi connectivity index (χ1n) is 7.35. The van der Waals surface area contributed by atoms with Crippen LogP contribution in [-0.4, -0.2) is 65.4 Å². The first kappa shape index (κ1) is 14.9. The number of aliphatic hydroxyl groups is 1. The summed E-state index contributed by atoms with van der Waals surface area (Å²) in [6.07, 6.45) is 1.72. The number of carbonyl (C=O) groups excluding carboxylic acids is 1. The van der Waals surface area contributed by atoms with Crippen LogP contribution >= 0.6 is 11.3 Å². The fraction of sp³-hybridized carbons (Fsp3) is 0.714. The number of ether oxygens (including phenoxy) is 1. The smallest absolute Gasteiger partial charge is 0.263 e. The van der Waals surface area contributed by atoms with E-state index in [1.807, 2.05) is 6.92 Å². The average Bonchev–Trinajstić information content (AvgIpc) is 3.04. The van der Waals surface area contributed by atoms with E-state index in [2.05, 4.69) is 15.2 Å². The third-order valence-corrected chi connectivity index (χ3v) is 5.16. The first-order valence-corrected chi connectivity index (χ1v) is 8.22. The van der Waals surface area contributed by atoms with Crippen molar-refractivity contribution in [2.24, 2.45) is 0 Å². The Morgan fingerprint density at radius 1 is 1.62 bits per heavy atom. The number of aliphatic hydroxyl groups excluding tert-OH is 1. The van der Waals surface area contributed by atoms with Crippen LogP contribution in [0.2, 0.25) is 0 Å². The maximum atomic E-state index is 12.2. The standard InChI is InChI=1S/C14H21N3O3S/c1-9-13(21-8-15-9)14(19)16-10-4-11-7-20-12(2-3-18)6-17(11)5-10/h8,10-12,18H,2-7H2,1H3,(H,16,19)/t10-,11+,12+/m1/s1. The molecule has 21 heavy (non-hydrogen) atoms. The minimum Gasteiger partial charge on any atom is -0.396 e. The van der Waals surface area contributed by atoms with Gasteiger partial charge in [0.2, 0.25) is 0 Å². The Hall–Kier alpha value is -1.02. The van der Waals surface area contributed by atoms with Gasteiger partial charge in [-0.2, -0.15) is 0 Å². The molecular formula is C14H21N3O3S. The quantitative estimate of drug-likeness (QED) is 0.842. The van der Waals surface area contributed by atoms with Crippen LogP contribution < -0.4 is 5.32 Å². The zero-order valence-corrected chi connectivity index (χ0v) is 12.9. The molecule has 3 atom stereocenters. The van der Waals surface area contributed by atoms with Gasteiger partial charge in [0.25, 0.3) is 5.91 Å². The summed E-state index contributed by atoms with van der Waals surface area (Å²) in [6, 6.07) is 0.549. The molecule has 0 aliphatic carbocycles. The van der Waals surface area contributed by atoms with Crippen molar-refractivity contribution >= 4 is 17.2 Å². The maximum absolute atomic E-state index is 12.2. The summed E-state index contributed by atoms with van der Waals surface area (Å²) in [5.74, 6) is -0.0207. The van der Waals surface area contributed by atoms with Crippen molar-refractivity contribution in [3.05, 3.63) is 16.1 Å². The third-order valence-electron chi connectivity index (χ3n) is 4.23. The van der Waals surface area contributed by atoms with Gasteiger partial charge in [0.05, 0.1) is 23.9 Å². The SMILES string of the molecule is Cc1ncsc1C(=O)N[C@@H]1C[C@H]2CO[C@@H](CCO)CN2C1. The van der Waals surface area contributed by atoms with Gasteiger partial charge in [-0.1, -0.05) is 0 Å². The molecule has 2 N–H and O–H groups in total. The fourth-order valence-electron chi connectivity index (χ4n) is 3.14. The number of carbonyl (C=O) groups is 1. The molecule has 116 valence electrons. The predicted molar refractivity (Wildman–Crippen MR) is 79.5 cm³/mol. The highest BCUT2D eigenvalue weighted by atomic mass is 32.1. The molecule has 0 spiro atoms. The van der Waals surface area contributed by atoms with E-state index in [9.17, 15) is 4.79 Å². The van der Waals surface area contributed by atoms with Crippen LogP contribution in [0.1, 0.15) is 28.2 Å². The van der Waals surface area contributed by atoms with Crippen LogP contribution in [0.3, 0.4) is 0 Å². The minimum absolute atomic E-state index is 0.0207. The van der Waals surface area contributed by atoms with E-state index in [4.69, 9.17) is 9.84 Å². The predicted octanol–water partition coefficient (Wildman–Crippen LogP) is 0.405. The molecule has 1 aromatic heterocycles. The number of morpholine rings is 1. The van der Waals surface area contributed by atoms with Crippen LogP contribution in [0.5, 0.6) is 0 Å². The number of aryl methyl sites for hydroxylation is 1. The minimum atomic E-state index is -0.0207. The van der Waals surface area contributed by atoms with E-state index in [1.165, 1.54) is 11.3 Å². The fourth-order valence-corrected chi connectivity index (χ4v) is 3.84. The van der Waals surface area contributed by atoms with E-state index in [-0.39, 0.29) is 24.7 Å². The first-order chi connectivity index (χ1) is 10.2. The van der Waals surface area contributed by atoms with Gasteiger partial charge in [-0.15, -0.1) is 11.3 Å². The van der Waals surface area contributed by atoms with Crippen LogP contribution in [0.25, 0.3) is 0 Å². The number of hydrogen-bond donors (Lipinski definition) is 2. The molecule has 2 saturated heterocycles. The van der Waals surface area contributed by atoms with E-state index in [1.54, 1.807) is 5.51 Å². The largest absolute Gasteiger partial charge is 0.396 e. The van der Waals surface area contributed by atoms with Crippen molar-refractivity contribution in [1.82, 2.24) is 15.2 Å². The molecule has 2 fully saturated rings. The average molecular weight is 311 g/mol. The third kappa shape index (κ3) is 3.26. The van der Waals surface area contributed by atoms with Crippen molar-refractivity contribution in [2.75, 3.05) is 26.3 Å². The molecule has 2 aliphatic heterocycles. The number of nitrogens with zero attached hydrogens (tertiary/aromatic N) is 2. The summed E-state index contributed by atoms with van der Waals surface area (Å²) in [6.45, 7) is 4.41. The van der Waals surface area contributed by atoms with Gasteiger partial charge in [-0.3, -0.25) is 9.69 Å². The number of amides is 1. The van der Waals surface area contributed by atoms with E-state index in [0.29, 0.717) is 23.9 Å². The Labute approximate surface area is 128 Å². The lowest BCUT2D eigenvalue weighted by molar-refractivity contribution is -0.0566. The van der Waals surface area contributed by atoms with Gasteiger partial charge in [0.1, 0.15) is 4.88 Å². The van der Waals surface area contributed by atoms with E-state index in [0.717, 1.165) is 25.2 Å². The summed E-state index contributed by atoms with van der Waals surface area (Å²) in [5.41, 5.74) is 2.50. The van der Waals surface area contributed by atoms with Crippen molar-refractivity contribution < 1.29 is 14.6 Å². The summed E-state index contributed by atoms with van der Waals surface area (Å²) in [7, 11) is 0. The number of fused-ring (bicyclic) bond motifs is 1. The van der Waals surface area contributed by atoms with Crippen molar-refractivity contribution in [1.29, 1.82) is 0 Å². The van der Waals surface area contributed by atoms with E-state index >= 15 is 0 Å². The summed E-state index contributed by atoms with van der Waals surface area (Å²) in [4.78, 5) is 19.4. The molecular weight excluding hydrogens is 290 g/mol. The van der Waals surface area contributed by atoms with Crippen molar-refractivity contribution in [3.63, 3.8) is 0 Å². The molecule has 3 rings (SSSR count). The zero-order valence-electron chi connectivity index (χ0n) is 12.1. The van der Waals surface area contributed by atoms with Gasteiger partial charge >= 0.3 is 0 Å². The number of rotatable bonds is 4. The highest BCUT2D eigenvalue weighted by Gasteiger charge is 2.37. The Kier molecular flexibility index (Phi) is 4.54. The zero-order chi connectivity index (χ0) is 14.8. The molecule has 0 bridgehead atoms. The highest BCUT2D eigenvalue weighted by molar-refractivity contribution is 7.11. The number of thiazole rings is 1. The molecule has 6 nitrogen and oxygen atoms in total. The Morgan fingerprint density at radius 3 is 3.19 bits per heavy atom. The molecule has 3 heterocycles. The lowest BCUT2D eigenvalue weighted by atomic mass is 10.1. The Bertz CT molecular complexity index is 507. The lowest BCUT2D eigenvalue weighted by Crippen LogP contribution is -2.46. The number of nitrogens with one attached hydrogen (secondary N) is 1.